The minimum Gasteiger partial charge on any atom is -0.491 e. The fourth-order valence-electron chi connectivity index (χ4n) is 5.88. The summed E-state index contributed by atoms with van der Waals surface area (Å²) < 4.78 is 8.28. The maximum atomic E-state index is 14.1. The first-order valence-electron chi connectivity index (χ1n) is 13.8. The molecule has 1 saturated carbocycles. The number of aromatic nitrogens is 3. The second kappa shape index (κ2) is 9.31. The quantitative estimate of drug-likeness (QED) is 0.506. The third kappa shape index (κ3) is 4.25. The van der Waals surface area contributed by atoms with Crippen molar-refractivity contribution in [1.82, 2.24) is 24.8 Å². The van der Waals surface area contributed by atoms with E-state index in [1.54, 1.807) is 12.1 Å². The van der Waals surface area contributed by atoms with Gasteiger partial charge in [-0.1, -0.05) is 11.6 Å². The second-order valence-corrected chi connectivity index (χ2v) is 11.7. The summed E-state index contributed by atoms with van der Waals surface area (Å²) in [6, 6.07) is 9.48. The molecule has 10 heteroatoms. The summed E-state index contributed by atoms with van der Waals surface area (Å²) in [5.41, 5.74) is 2.18. The lowest BCUT2D eigenvalue weighted by Crippen LogP contribution is -2.42. The molecule has 4 aliphatic rings. The summed E-state index contributed by atoms with van der Waals surface area (Å²) in [6.45, 7) is 4.92. The first-order chi connectivity index (χ1) is 18.5. The van der Waals surface area contributed by atoms with E-state index in [4.69, 9.17) is 26.4 Å². The Kier molecular flexibility index (Phi) is 5.89. The molecule has 1 spiro atoms. The Balaban J connectivity index is 1.34. The van der Waals surface area contributed by atoms with Crippen molar-refractivity contribution >= 4 is 34.8 Å². The number of likely N-dealkylation sites (N-methyl/N-ethyl adjacent to an activating group) is 1. The summed E-state index contributed by atoms with van der Waals surface area (Å²) in [5.74, 6) is 2.55. The van der Waals surface area contributed by atoms with Gasteiger partial charge in [0.15, 0.2) is 5.65 Å². The SMILES string of the molecule is CN1CCNC2(CC2)COc2ccc(Cl)cc2C(=O)N2CCCCC2c2cc3nc(N4CCC4)cc1n3n2. The Morgan fingerprint density at radius 1 is 1.08 bits per heavy atom. The van der Waals surface area contributed by atoms with Crippen molar-refractivity contribution in [2.75, 3.05) is 56.2 Å². The van der Waals surface area contributed by atoms with Gasteiger partial charge in [0, 0.05) is 56.9 Å². The number of ether oxygens (including phenoxy) is 1. The van der Waals surface area contributed by atoms with Crippen LogP contribution >= 0.6 is 11.6 Å². The molecule has 1 amide bonds. The van der Waals surface area contributed by atoms with Crippen LogP contribution in [0.2, 0.25) is 5.02 Å². The first-order valence-corrected chi connectivity index (χ1v) is 14.2. The summed E-state index contributed by atoms with van der Waals surface area (Å²) >= 11 is 6.38. The van der Waals surface area contributed by atoms with Gasteiger partial charge in [-0.3, -0.25) is 4.79 Å². The van der Waals surface area contributed by atoms with E-state index in [-0.39, 0.29) is 17.5 Å². The number of halogens is 1. The van der Waals surface area contributed by atoms with Gasteiger partial charge in [0.25, 0.3) is 5.91 Å². The van der Waals surface area contributed by atoms with Crippen molar-refractivity contribution in [1.29, 1.82) is 0 Å². The lowest BCUT2D eigenvalue weighted by Gasteiger charge is -2.35. The number of hydrogen-bond acceptors (Lipinski definition) is 7. The summed E-state index contributed by atoms with van der Waals surface area (Å²) in [7, 11) is 2.12. The van der Waals surface area contributed by atoms with Crippen LogP contribution in [0, 0.1) is 0 Å². The molecule has 9 nitrogen and oxygen atoms in total. The zero-order chi connectivity index (χ0) is 25.9. The van der Waals surface area contributed by atoms with Gasteiger partial charge in [-0.05, 0) is 56.7 Å². The van der Waals surface area contributed by atoms with Gasteiger partial charge in [0.05, 0.1) is 22.8 Å². The molecule has 2 aromatic heterocycles. The van der Waals surface area contributed by atoms with E-state index in [0.29, 0.717) is 29.5 Å². The Hall–Kier alpha value is -3.04. The first kappa shape index (κ1) is 24.0. The van der Waals surface area contributed by atoms with E-state index >= 15 is 0 Å². The van der Waals surface area contributed by atoms with Crippen LogP contribution in [-0.4, -0.2) is 77.3 Å². The molecular weight excluding hydrogens is 502 g/mol. The molecule has 7 rings (SSSR count). The van der Waals surface area contributed by atoms with Gasteiger partial charge >= 0.3 is 0 Å². The molecule has 3 fully saturated rings. The van der Waals surface area contributed by atoms with Gasteiger partial charge in [-0.25, -0.2) is 4.98 Å². The number of benzene rings is 1. The Morgan fingerprint density at radius 2 is 1.95 bits per heavy atom. The minimum absolute atomic E-state index is 0.0548. The Morgan fingerprint density at radius 3 is 2.74 bits per heavy atom. The van der Waals surface area contributed by atoms with Crippen LogP contribution in [0.15, 0.2) is 30.3 Å². The maximum absolute atomic E-state index is 14.1. The number of carbonyl (C=O) groups is 1. The Bertz CT molecular complexity index is 1380. The molecule has 2 saturated heterocycles. The zero-order valence-electron chi connectivity index (χ0n) is 21.8. The predicted molar refractivity (Wildman–Crippen MR) is 148 cm³/mol. The molecule has 200 valence electrons. The van der Waals surface area contributed by atoms with Crippen LogP contribution in [-0.2, 0) is 0 Å². The van der Waals surface area contributed by atoms with Crippen LogP contribution in [0.3, 0.4) is 0 Å². The fraction of sp³-hybridized carbons (Fsp3) is 0.536. The van der Waals surface area contributed by atoms with Gasteiger partial charge < -0.3 is 24.8 Å². The molecule has 1 aromatic carbocycles. The number of carbonyl (C=O) groups excluding carboxylic acids is 1. The molecule has 3 aliphatic heterocycles. The maximum Gasteiger partial charge on any atom is 0.258 e. The van der Waals surface area contributed by atoms with E-state index in [9.17, 15) is 4.79 Å². The Labute approximate surface area is 227 Å². The zero-order valence-corrected chi connectivity index (χ0v) is 22.6. The summed E-state index contributed by atoms with van der Waals surface area (Å²) in [5, 5.41) is 9.34. The van der Waals surface area contributed by atoms with Crippen molar-refractivity contribution in [3.8, 4) is 5.75 Å². The third-order valence-electron chi connectivity index (χ3n) is 8.57. The molecular formula is C28H34ClN7O2. The van der Waals surface area contributed by atoms with Crippen LogP contribution in [0.1, 0.15) is 60.6 Å². The van der Waals surface area contributed by atoms with Gasteiger partial charge in [-0.15, -0.1) is 0 Å². The largest absolute Gasteiger partial charge is 0.491 e. The van der Waals surface area contributed by atoms with Gasteiger partial charge in [0.1, 0.15) is 24.0 Å². The molecule has 5 heterocycles. The van der Waals surface area contributed by atoms with Gasteiger partial charge in [0.2, 0.25) is 0 Å². The van der Waals surface area contributed by atoms with Crippen molar-refractivity contribution < 1.29 is 9.53 Å². The van der Waals surface area contributed by atoms with Crippen molar-refractivity contribution in [2.24, 2.45) is 0 Å². The van der Waals surface area contributed by atoms with E-state index in [2.05, 4.69) is 34.3 Å². The van der Waals surface area contributed by atoms with E-state index in [1.807, 2.05) is 15.5 Å². The predicted octanol–water partition coefficient (Wildman–Crippen LogP) is 3.91. The third-order valence-corrected chi connectivity index (χ3v) is 8.80. The standard InChI is InChI=1S/C28H34ClN7O2/c1-33-14-10-30-28(8-9-28)18-38-23-7-6-19(29)15-20(23)27(37)35-13-3-2-5-22(35)21-16-25-31-24(34-11-4-12-34)17-26(33)36(25)32-21/h6-7,15-17,22,30H,2-5,8-14,18H2,1H3. The number of hydrogen-bond donors (Lipinski definition) is 1. The molecule has 1 N–H and O–H groups in total. The average Bonchev–Trinajstić information content (AvgIpc) is 3.53. The molecule has 1 aliphatic carbocycles. The number of rotatable bonds is 1. The molecule has 38 heavy (non-hydrogen) atoms. The van der Waals surface area contributed by atoms with E-state index in [0.717, 1.165) is 81.3 Å². The average molecular weight is 536 g/mol. The van der Waals surface area contributed by atoms with Crippen molar-refractivity contribution in [3.05, 3.63) is 46.6 Å². The highest BCUT2D eigenvalue weighted by molar-refractivity contribution is 6.31. The number of nitrogens with one attached hydrogen (secondary N) is 1. The van der Waals surface area contributed by atoms with Crippen LogP contribution in [0.5, 0.6) is 5.75 Å². The summed E-state index contributed by atoms with van der Waals surface area (Å²) in [4.78, 5) is 25.6. The normalized spacial score (nSPS) is 23.3. The highest BCUT2D eigenvalue weighted by atomic mass is 35.5. The van der Waals surface area contributed by atoms with Crippen molar-refractivity contribution in [2.45, 2.75) is 50.1 Å². The molecule has 1 unspecified atom stereocenters. The lowest BCUT2D eigenvalue weighted by molar-refractivity contribution is 0.0600. The van der Waals surface area contributed by atoms with Crippen LogP contribution in [0.25, 0.3) is 5.65 Å². The minimum atomic E-state index is -0.125. The summed E-state index contributed by atoms with van der Waals surface area (Å²) in [6.07, 6.45) is 6.19. The molecule has 2 bridgehead atoms. The smallest absolute Gasteiger partial charge is 0.258 e. The van der Waals surface area contributed by atoms with Gasteiger partial charge in [-0.2, -0.15) is 9.61 Å². The van der Waals surface area contributed by atoms with Crippen molar-refractivity contribution in [3.63, 3.8) is 0 Å². The topological polar surface area (TPSA) is 78.2 Å². The number of anilines is 2. The fourth-order valence-corrected chi connectivity index (χ4v) is 6.05. The number of amides is 1. The second-order valence-electron chi connectivity index (χ2n) is 11.2. The lowest BCUT2D eigenvalue weighted by atomic mass is 9.98. The monoisotopic (exact) mass is 535 g/mol. The molecule has 0 radical (unpaired) electrons. The number of fused-ring (bicyclic) bond motifs is 4. The van der Waals surface area contributed by atoms with Crippen LogP contribution < -0.4 is 19.9 Å². The van der Waals surface area contributed by atoms with E-state index < -0.39 is 0 Å². The van der Waals surface area contributed by atoms with E-state index in [1.165, 1.54) is 6.42 Å². The number of piperidine rings is 1. The number of nitrogens with zero attached hydrogens (tertiary/aromatic N) is 6. The highest BCUT2D eigenvalue weighted by Crippen LogP contribution is 2.38. The highest BCUT2D eigenvalue weighted by Gasteiger charge is 2.43. The molecule has 1 atom stereocenters. The molecule has 3 aromatic rings. The van der Waals surface area contributed by atoms with Crippen LogP contribution in [0.4, 0.5) is 11.6 Å².